The molecule has 2 aromatic rings. The second kappa shape index (κ2) is 8.65. The number of hydrogen-bond acceptors (Lipinski definition) is 4. The van der Waals surface area contributed by atoms with Crippen LogP contribution in [-0.2, 0) is 14.8 Å². The lowest BCUT2D eigenvalue weighted by atomic mass is 9.98. The second-order valence-electron chi connectivity index (χ2n) is 7.05. The molecule has 3 rings (SSSR count). The van der Waals surface area contributed by atoms with Gasteiger partial charge in [0.1, 0.15) is 5.75 Å². The third-order valence-electron chi connectivity index (χ3n) is 5.05. The standard InChI is InChI=1S/C20H21F3N2O4S/c1-12-10-14(5-8-17(12)29-2)30(27,28)25-9-3-4-13(11-25)20(26)24-16-7-6-15(21)18(22)19(16)23/h5-8,10,13H,3-4,9,11H2,1-2H3,(H,24,26)/t13-/m0/s1. The van der Waals surface area contributed by atoms with Crippen molar-refractivity contribution in [2.75, 3.05) is 25.5 Å². The highest BCUT2D eigenvalue weighted by Crippen LogP contribution is 2.28. The number of piperidine rings is 1. The predicted molar refractivity (Wildman–Crippen MR) is 104 cm³/mol. The summed E-state index contributed by atoms with van der Waals surface area (Å²) in [7, 11) is -2.37. The Kier molecular flexibility index (Phi) is 6.37. The maximum Gasteiger partial charge on any atom is 0.243 e. The molecule has 30 heavy (non-hydrogen) atoms. The van der Waals surface area contributed by atoms with Crippen molar-refractivity contribution in [3.05, 3.63) is 53.3 Å². The highest BCUT2D eigenvalue weighted by molar-refractivity contribution is 7.89. The monoisotopic (exact) mass is 442 g/mol. The quantitative estimate of drug-likeness (QED) is 0.720. The van der Waals surface area contributed by atoms with E-state index in [9.17, 15) is 26.4 Å². The fraction of sp³-hybridized carbons (Fsp3) is 0.350. The van der Waals surface area contributed by atoms with Crippen LogP contribution in [0.15, 0.2) is 35.2 Å². The molecule has 1 saturated heterocycles. The molecular formula is C20H21F3N2O4S. The molecule has 1 amide bonds. The van der Waals surface area contributed by atoms with E-state index in [0.29, 0.717) is 30.2 Å². The molecule has 1 heterocycles. The first-order chi connectivity index (χ1) is 14.1. The van der Waals surface area contributed by atoms with Gasteiger partial charge in [0.25, 0.3) is 0 Å². The Balaban J connectivity index is 1.77. The molecule has 2 aromatic carbocycles. The number of anilines is 1. The fourth-order valence-electron chi connectivity index (χ4n) is 3.39. The van der Waals surface area contributed by atoms with Crippen LogP contribution >= 0.6 is 0 Å². The van der Waals surface area contributed by atoms with Crippen molar-refractivity contribution >= 4 is 21.6 Å². The van der Waals surface area contributed by atoms with Gasteiger partial charge in [-0.2, -0.15) is 4.31 Å². The maximum absolute atomic E-state index is 13.8. The van der Waals surface area contributed by atoms with Gasteiger partial charge >= 0.3 is 0 Å². The van der Waals surface area contributed by atoms with E-state index < -0.39 is 45.0 Å². The molecule has 0 unspecified atom stereocenters. The van der Waals surface area contributed by atoms with Gasteiger partial charge in [-0.3, -0.25) is 4.79 Å². The number of benzene rings is 2. The van der Waals surface area contributed by atoms with Crippen LogP contribution in [0.1, 0.15) is 18.4 Å². The predicted octanol–water partition coefficient (Wildman–Crippen LogP) is 3.46. The Labute approximate surface area is 172 Å². The number of carbonyl (C=O) groups excluding carboxylic acids is 1. The zero-order chi connectivity index (χ0) is 22.1. The number of hydrogen-bond donors (Lipinski definition) is 1. The summed E-state index contributed by atoms with van der Waals surface area (Å²) in [5, 5.41) is 2.23. The van der Waals surface area contributed by atoms with Crippen LogP contribution in [0.5, 0.6) is 5.75 Å². The molecule has 1 aliphatic heterocycles. The molecule has 10 heteroatoms. The smallest absolute Gasteiger partial charge is 0.243 e. The van der Waals surface area contributed by atoms with E-state index in [2.05, 4.69) is 5.32 Å². The molecule has 162 valence electrons. The normalized spacial score (nSPS) is 17.6. The van der Waals surface area contributed by atoms with Crippen LogP contribution in [0.4, 0.5) is 18.9 Å². The minimum absolute atomic E-state index is 0.0773. The first-order valence-corrected chi connectivity index (χ1v) is 10.7. The number of aryl methyl sites for hydroxylation is 1. The van der Waals surface area contributed by atoms with Crippen LogP contribution in [0, 0.1) is 30.3 Å². The lowest BCUT2D eigenvalue weighted by Gasteiger charge is -2.31. The number of halogens is 3. The maximum atomic E-state index is 13.8. The molecule has 1 fully saturated rings. The zero-order valence-corrected chi connectivity index (χ0v) is 17.2. The van der Waals surface area contributed by atoms with Crippen molar-refractivity contribution in [3.63, 3.8) is 0 Å². The van der Waals surface area contributed by atoms with Crippen LogP contribution in [0.25, 0.3) is 0 Å². The molecule has 0 aliphatic carbocycles. The molecule has 0 bridgehead atoms. The van der Waals surface area contributed by atoms with Crippen molar-refractivity contribution < 1.29 is 31.1 Å². The average molecular weight is 442 g/mol. The van der Waals surface area contributed by atoms with E-state index in [0.717, 1.165) is 6.07 Å². The van der Waals surface area contributed by atoms with Crippen molar-refractivity contribution in [2.45, 2.75) is 24.7 Å². The summed E-state index contributed by atoms with van der Waals surface area (Å²) in [6.45, 7) is 1.85. The van der Waals surface area contributed by atoms with Gasteiger partial charge in [0.2, 0.25) is 15.9 Å². The Bertz CT molecular complexity index is 1080. The molecular weight excluding hydrogens is 421 g/mol. The zero-order valence-electron chi connectivity index (χ0n) is 16.4. The van der Waals surface area contributed by atoms with E-state index in [1.807, 2.05) is 0 Å². The highest BCUT2D eigenvalue weighted by Gasteiger charge is 2.34. The van der Waals surface area contributed by atoms with Crippen LogP contribution in [0.3, 0.4) is 0 Å². The Morgan fingerprint density at radius 3 is 2.57 bits per heavy atom. The highest BCUT2D eigenvalue weighted by atomic mass is 32.2. The molecule has 0 radical (unpaired) electrons. The fourth-order valence-corrected chi connectivity index (χ4v) is 5.00. The lowest BCUT2D eigenvalue weighted by molar-refractivity contribution is -0.120. The average Bonchev–Trinajstić information content (AvgIpc) is 2.74. The molecule has 0 aromatic heterocycles. The summed E-state index contributed by atoms with van der Waals surface area (Å²) in [5.74, 6) is -5.42. The number of rotatable bonds is 5. The molecule has 0 saturated carbocycles. The van der Waals surface area contributed by atoms with Crippen molar-refractivity contribution in [1.82, 2.24) is 4.31 Å². The largest absolute Gasteiger partial charge is 0.496 e. The summed E-state index contributed by atoms with van der Waals surface area (Å²) in [4.78, 5) is 12.6. The Hall–Kier alpha value is -2.59. The molecule has 1 aliphatic rings. The van der Waals surface area contributed by atoms with Crippen LogP contribution < -0.4 is 10.1 Å². The molecule has 0 spiro atoms. The Morgan fingerprint density at radius 2 is 1.90 bits per heavy atom. The van der Waals surface area contributed by atoms with Gasteiger partial charge in [-0.15, -0.1) is 0 Å². The van der Waals surface area contributed by atoms with Crippen molar-refractivity contribution in [2.24, 2.45) is 5.92 Å². The summed E-state index contributed by atoms with van der Waals surface area (Å²) < 4.78 is 72.6. The van der Waals surface area contributed by atoms with Crippen LogP contribution in [-0.4, -0.2) is 38.8 Å². The minimum Gasteiger partial charge on any atom is -0.496 e. The van der Waals surface area contributed by atoms with Crippen molar-refractivity contribution in [3.8, 4) is 5.75 Å². The second-order valence-corrected chi connectivity index (χ2v) is 8.98. The van der Waals surface area contributed by atoms with Gasteiger partial charge < -0.3 is 10.1 Å². The Morgan fingerprint density at radius 1 is 1.17 bits per heavy atom. The van der Waals surface area contributed by atoms with E-state index in [1.165, 1.54) is 23.5 Å². The molecule has 1 N–H and O–H groups in total. The number of methoxy groups -OCH3 is 1. The van der Waals surface area contributed by atoms with Gasteiger partial charge in [-0.1, -0.05) is 0 Å². The lowest BCUT2D eigenvalue weighted by Crippen LogP contribution is -2.43. The number of ether oxygens (including phenoxy) is 1. The number of nitrogens with zero attached hydrogens (tertiary/aromatic N) is 1. The number of carbonyl (C=O) groups is 1. The summed E-state index contributed by atoms with van der Waals surface area (Å²) in [5.41, 5.74) is 0.156. The van der Waals surface area contributed by atoms with Gasteiger partial charge in [0.15, 0.2) is 17.5 Å². The number of sulfonamides is 1. The third kappa shape index (κ3) is 4.29. The summed E-state index contributed by atoms with van der Waals surface area (Å²) >= 11 is 0. The molecule has 1 atom stereocenters. The van der Waals surface area contributed by atoms with E-state index in [1.54, 1.807) is 13.0 Å². The summed E-state index contributed by atoms with van der Waals surface area (Å²) in [6, 6.07) is 6.11. The van der Waals surface area contributed by atoms with Gasteiger partial charge in [0.05, 0.1) is 23.6 Å². The van der Waals surface area contributed by atoms with E-state index >= 15 is 0 Å². The minimum atomic E-state index is -3.86. The van der Waals surface area contributed by atoms with Gasteiger partial charge in [-0.05, 0) is 55.7 Å². The molecule has 6 nitrogen and oxygen atoms in total. The van der Waals surface area contributed by atoms with E-state index in [-0.39, 0.29) is 18.0 Å². The van der Waals surface area contributed by atoms with Gasteiger partial charge in [0, 0.05) is 13.1 Å². The van der Waals surface area contributed by atoms with Gasteiger partial charge in [-0.25, -0.2) is 21.6 Å². The third-order valence-corrected chi connectivity index (χ3v) is 6.91. The van der Waals surface area contributed by atoms with Crippen molar-refractivity contribution in [1.29, 1.82) is 0 Å². The first kappa shape index (κ1) is 22.1. The SMILES string of the molecule is COc1ccc(S(=O)(=O)N2CCC[C@H](C(=O)Nc3ccc(F)c(F)c3F)C2)cc1C. The van der Waals surface area contributed by atoms with E-state index in [4.69, 9.17) is 4.74 Å². The number of nitrogens with one attached hydrogen (secondary N) is 1. The summed E-state index contributed by atoms with van der Waals surface area (Å²) in [6.07, 6.45) is 0.803. The first-order valence-electron chi connectivity index (χ1n) is 9.24. The number of amides is 1. The topological polar surface area (TPSA) is 75.7 Å². The van der Waals surface area contributed by atoms with Crippen LogP contribution in [0.2, 0.25) is 0 Å².